The van der Waals surface area contributed by atoms with E-state index in [-0.39, 0.29) is 11.3 Å². The second-order valence-corrected chi connectivity index (χ2v) is 8.23. The molecular formula is C27H24ClNO5. The van der Waals surface area contributed by atoms with Crippen LogP contribution in [-0.2, 0) is 9.59 Å². The van der Waals surface area contributed by atoms with E-state index in [9.17, 15) is 14.7 Å². The van der Waals surface area contributed by atoms with Crippen LogP contribution in [0.3, 0.4) is 0 Å². The molecule has 0 saturated carbocycles. The summed E-state index contributed by atoms with van der Waals surface area (Å²) in [6.45, 7) is 2.60. The lowest BCUT2D eigenvalue weighted by Gasteiger charge is -2.26. The summed E-state index contributed by atoms with van der Waals surface area (Å²) < 4.78 is 11.0. The molecule has 3 aromatic carbocycles. The van der Waals surface area contributed by atoms with Crippen molar-refractivity contribution in [1.82, 2.24) is 0 Å². The van der Waals surface area contributed by atoms with Crippen molar-refractivity contribution in [3.05, 3.63) is 94.5 Å². The molecule has 34 heavy (non-hydrogen) atoms. The third-order valence-corrected chi connectivity index (χ3v) is 5.78. The number of hydrogen-bond donors (Lipinski definition) is 1. The molecule has 0 bridgehead atoms. The predicted octanol–water partition coefficient (Wildman–Crippen LogP) is 5.76. The number of ether oxygens (including phenoxy) is 2. The Bertz CT molecular complexity index is 1250. The summed E-state index contributed by atoms with van der Waals surface area (Å²) in [5.74, 6) is -0.595. The molecule has 6 nitrogen and oxygen atoms in total. The summed E-state index contributed by atoms with van der Waals surface area (Å²) in [5, 5.41) is 11.6. The molecule has 1 aliphatic heterocycles. The number of nitrogens with zero attached hydrogens (tertiary/aromatic N) is 1. The van der Waals surface area contributed by atoms with Crippen LogP contribution in [0, 0.1) is 0 Å². The maximum atomic E-state index is 13.3. The first-order valence-corrected chi connectivity index (χ1v) is 11.3. The van der Waals surface area contributed by atoms with E-state index in [1.165, 1.54) is 12.0 Å². The van der Waals surface area contributed by atoms with Gasteiger partial charge in [-0.1, -0.05) is 48.9 Å². The predicted molar refractivity (Wildman–Crippen MR) is 131 cm³/mol. The number of carbonyl (C=O) groups is 2. The molecule has 1 aliphatic rings. The molecule has 174 valence electrons. The number of ketones is 1. The van der Waals surface area contributed by atoms with Crippen molar-refractivity contribution in [3.63, 3.8) is 0 Å². The van der Waals surface area contributed by atoms with E-state index in [0.717, 1.165) is 6.42 Å². The van der Waals surface area contributed by atoms with Crippen molar-refractivity contribution >= 4 is 34.7 Å². The van der Waals surface area contributed by atoms with Crippen molar-refractivity contribution in [2.45, 2.75) is 19.4 Å². The van der Waals surface area contributed by atoms with Gasteiger partial charge in [-0.05, 0) is 48.4 Å². The molecule has 4 rings (SSSR count). The number of benzene rings is 3. The average molecular weight is 478 g/mol. The summed E-state index contributed by atoms with van der Waals surface area (Å²) in [6, 6.07) is 19.7. The van der Waals surface area contributed by atoms with Gasteiger partial charge in [0.05, 0.1) is 25.3 Å². The van der Waals surface area contributed by atoms with Gasteiger partial charge in [0.15, 0.2) is 0 Å². The fourth-order valence-electron chi connectivity index (χ4n) is 3.93. The lowest BCUT2D eigenvalue weighted by molar-refractivity contribution is -0.132. The molecule has 0 aliphatic carbocycles. The zero-order chi connectivity index (χ0) is 24.2. The van der Waals surface area contributed by atoms with Gasteiger partial charge >= 0.3 is 0 Å². The third-order valence-electron chi connectivity index (χ3n) is 5.54. The fraction of sp³-hybridized carbons (Fsp3) is 0.185. The van der Waals surface area contributed by atoms with Crippen LogP contribution in [0.25, 0.3) is 5.76 Å². The maximum absolute atomic E-state index is 13.3. The van der Waals surface area contributed by atoms with E-state index >= 15 is 0 Å². The van der Waals surface area contributed by atoms with Gasteiger partial charge < -0.3 is 14.6 Å². The molecule has 0 spiro atoms. The zero-order valence-electron chi connectivity index (χ0n) is 18.8. The number of aliphatic hydroxyl groups is 1. The normalized spacial score (nSPS) is 17.1. The largest absolute Gasteiger partial charge is 0.507 e. The van der Waals surface area contributed by atoms with Crippen LogP contribution in [0.1, 0.15) is 30.5 Å². The molecular weight excluding hydrogens is 454 g/mol. The topological polar surface area (TPSA) is 76.1 Å². The van der Waals surface area contributed by atoms with Gasteiger partial charge in [0.25, 0.3) is 11.7 Å². The van der Waals surface area contributed by atoms with Crippen molar-refractivity contribution < 1.29 is 24.2 Å². The molecule has 1 amide bonds. The summed E-state index contributed by atoms with van der Waals surface area (Å²) in [7, 11) is 1.53. The minimum absolute atomic E-state index is 0.0164. The Morgan fingerprint density at radius 3 is 2.41 bits per heavy atom. The van der Waals surface area contributed by atoms with Gasteiger partial charge in [-0.25, -0.2) is 0 Å². The van der Waals surface area contributed by atoms with Crippen LogP contribution < -0.4 is 14.4 Å². The standard InChI is InChI=1S/C27H24ClNO5/c1-3-14-34-21-12-10-17(11-13-21)24-23(25(30)18-6-4-7-19(28)15-18)26(31)27(32)29(24)20-8-5-9-22(16-20)33-2/h4-13,15-16,24,30H,3,14H2,1-2H3/b25-23+. The second-order valence-electron chi connectivity index (χ2n) is 7.80. The lowest BCUT2D eigenvalue weighted by atomic mass is 9.95. The Morgan fingerprint density at radius 1 is 1.00 bits per heavy atom. The summed E-state index contributed by atoms with van der Waals surface area (Å²) in [5.41, 5.74) is 1.46. The molecule has 1 atom stereocenters. The Hall–Kier alpha value is -3.77. The van der Waals surface area contributed by atoms with Crippen molar-refractivity contribution in [2.24, 2.45) is 0 Å². The number of carbonyl (C=O) groups excluding carboxylic acids is 2. The third kappa shape index (κ3) is 4.50. The average Bonchev–Trinajstić information content (AvgIpc) is 3.13. The fourth-order valence-corrected chi connectivity index (χ4v) is 4.12. The number of amides is 1. The van der Waals surface area contributed by atoms with Gasteiger partial charge in [0, 0.05) is 22.3 Å². The van der Waals surface area contributed by atoms with Gasteiger partial charge in [-0.2, -0.15) is 0 Å². The van der Waals surface area contributed by atoms with Gasteiger partial charge in [-0.15, -0.1) is 0 Å². The van der Waals surface area contributed by atoms with Gasteiger partial charge in [0.2, 0.25) is 0 Å². The Morgan fingerprint density at radius 2 is 1.74 bits per heavy atom. The van der Waals surface area contributed by atoms with E-state index in [0.29, 0.717) is 39.9 Å². The molecule has 7 heteroatoms. The molecule has 1 fully saturated rings. The molecule has 1 saturated heterocycles. The van der Waals surface area contributed by atoms with Gasteiger partial charge in [-0.3, -0.25) is 14.5 Å². The Balaban J connectivity index is 1.88. The van der Waals surface area contributed by atoms with E-state index in [1.54, 1.807) is 72.8 Å². The van der Waals surface area contributed by atoms with Crippen molar-refractivity contribution in [3.8, 4) is 11.5 Å². The Labute approximate surface area is 203 Å². The van der Waals surface area contributed by atoms with Crippen molar-refractivity contribution in [1.29, 1.82) is 0 Å². The van der Waals surface area contributed by atoms with Gasteiger partial charge in [0.1, 0.15) is 17.3 Å². The Kier molecular flexibility index (Phi) is 6.89. The summed E-state index contributed by atoms with van der Waals surface area (Å²) >= 11 is 6.11. The molecule has 3 aromatic rings. The lowest BCUT2D eigenvalue weighted by Crippen LogP contribution is -2.29. The second kappa shape index (κ2) is 10.0. The quantitative estimate of drug-likeness (QED) is 0.266. The highest BCUT2D eigenvalue weighted by atomic mass is 35.5. The molecule has 0 aromatic heterocycles. The minimum atomic E-state index is -0.855. The van der Waals surface area contributed by atoms with E-state index in [1.807, 2.05) is 6.92 Å². The number of aliphatic hydroxyl groups excluding tert-OH is 1. The van der Waals surface area contributed by atoms with E-state index in [2.05, 4.69) is 0 Å². The number of methoxy groups -OCH3 is 1. The maximum Gasteiger partial charge on any atom is 0.300 e. The highest BCUT2D eigenvalue weighted by Crippen LogP contribution is 2.43. The SMILES string of the molecule is CCCOc1ccc(C2/C(=C(\O)c3cccc(Cl)c3)C(=O)C(=O)N2c2cccc(OC)c2)cc1. The van der Waals surface area contributed by atoms with Crippen LogP contribution in [0.4, 0.5) is 5.69 Å². The van der Waals surface area contributed by atoms with Crippen LogP contribution in [0.2, 0.25) is 5.02 Å². The highest BCUT2D eigenvalue weighted by molar-refractivity contribution is 6.51. The first-order valence-electron chi connectivity index (χ1n) is 10.9. The molecule has 1 N–H and O–H groups in total. The van der Waals surface area contributed by atoms with Crippen LogP contribution >= 0.6 is 11.6 Å². The number of anilines is 1. The first kappa shape index (κ1) is 23.4. The zero-order valence-corrected chi connectivity index (χ0v) is 19.6. The highest BCUT2D eigenvalue weighted by Gasteiger charge is 2.47. The molecule has 0 radical (unpaired) electrons. The minimum Gasteiger partial charge on any atom is -0.507 e. The van der Waals surface area contributed by atoms with E-state index < -0.39 is 17.7 Å². The monoisotopic (exact) mass is 477 g/mol. The van der Waals surface area contributed by atoms with Crippen LogP contribution in [0.15, 0.2) is 78.4 Å². The van der Waals surface area contributed by atoms with Crippen molar-refractivity contribution in [2.75, 3.05) is 18.6 Å². The smallest absolute Gasteiger partial charge is 0.300 e. The van der Waals surface area contributed by atoms with Crippen LogP contribution in [-0.4, -0.2) is 30.5 Å². The summed E-state index contributed by atoms with van der Waals surface area (Å²) in [4.78, 5) is 27.9. The molecule has 1 heterocycles. The number of hydrogen-bond acceptors (Lipinski definition) is 5. The number of rotatable bonds is 7. The van der Waals surface area contributed by atoms with Crippen LogP contribution in [0.5, 0.6) is 11.5 Å². The first-order chi connectivity index (χ1) is 16.4. The molecule has 1 unspecified atom stereocenters. The van der Waals surface area contributed by atoms with E-state index in [4.69, 9.17) is 21.1 Å². The number of Topliss-reactive ketones (excluding diaryl/α,β-unsaturated/α-hetero) is 1. The summed E-state index contributed by atoms with van der Waals surface area (Å²) in [6.07, 6.45) is 0.872. The number of halogens is 1.